The van der Waals surface area contributed by atoms with Crippen LogP contribution in [0.1, 0.15) is 32.8 Å². The first-order chi connectivity index (χ1) is 17.9. The first kappa shape index (κ1) is 30.8. The lowest BCUT2D eigenvalue weighted by molar-refractivity contribution is -0.140. The largest absolute Gasteiger partial charge is 0.497 e. The van der Waals surface area contributed by atoms with Gasteiger partial charge in [-0.1, -0.05) is 32.9 Å². The molecule has 2 aromatic carbocycles. The zero-order valence-corrected chi connectivity index (χ0v) is 24.0. The smallest absolute Gasteiger partial charge is 0.244 e. The third-order valence-electron chi connectivity index (χ3n) is 5.89. The number of nitrogens with zero attached hydrogens (tertiary/aromatic N) is 2. The van der Waals surface area contributed by atoms with E-state index < -0.39 is 28.5 Å². The van der Waals surface area contributed by atoms with Gasteiger partial charge in [-0.2, -0.15) is 0 Å². The number of methoxy groups -OCH3 is 3. The summed E-state index contributed by atoms with van der Waals surface area (Å²) >= 11 is 0. The van der Waals surface area contributed by atoms with Crippen LogP contribution < -0.4 is 23.8 Å². The van der Waals surface area contributed by atoms with E-state index in [0.717, 1.165) is 16.1 Å². The Hall–Kier alpha value is -3.47. The molecular weight excluding hydrogens is 510 g/mol. The van der Waals surface area contributed by atoms with E-state index in [4.69, 9.17) is 14.2 Å². The van der Waals surface area contributed by atoms with Crippen molar-refractivity contribution in [2.45, 2.75) is 39.8 Å². The summed E-state index contributed by atoms with van der Waals surface area (Å²) in [6, 6.07) is 11.0. The van der Waals surface area contributed by atoms with Crippen molar-refractivity contribution in [1.29, 1.82) is 0 Å². The average molecular weight is 550 g/mol. The number of carbonyl (C=O) groups is 2. The minimum absolute atomic E-state index is 0.0905. The molecule has 210 valence electrons. The molecule has 2 rings (SSSR count). The number of carbonyl (C=O) groups excluding carboxylic acids is 2. The maximum Gasteiger partial charge on any atom is 0.244 e. The third-order valence-corrected chi connectivity index (χ3v) is 7.03. The normalized spacial score (nSPS) is 12.0. The van der Waals surface area contributed by atoms with Crippen LogP contribution in [0, 0.1) is 5.92 Å². The van der Waals surface area contributed by atoms with Crippen LogP contribution in [0.15, 0.2) is 42.5 Å². The molecule has 0 bridgehead atoms. The van der Waals surface area contributed by atoms with E-state index in [-0.39, 0.29) is 24.1 Å². The monoisotopic (exact) mass is 549 g/mol. The zero-order chi connectivity index (χ0) is 28.5. The Bertz CT molecular complexity index is 1200. The molecular formula is C27H39N3O7S. The highest BCUT2D eigenvalue weighted by molar-refractivity contribution is 7.92. The maximum absolute atomic E-state index is 13.8. The van der Waals surface area contributed by atoms with Gasteiger partial charge in [-0.15, -0.1) is 0 Å². The van der Waals surface area contributed by atoms with E-state index in [0.29, 0.717) is 30.2 Å². The lowest BCUT2D eigenvalue weighted by Crippen LogP contribution is -2.52. The molecule has 0 aliphatic rings. The van der Waals surface area contributed by atoms with Crippen LogP contribution in [0.25, 0.3) is 0 Å². The third kappa shape index (κ3) is 8.27. The Morgan fingerprint density at radius 1 is 0.974 bits per heavy atom. The van der Waals surface area contributed by atoms with E-state index in [1.807, 2.05) is 26.8 Å². The number of hydrogen-bond donors (Lipinski definition) is 1. The SMILES string of the molecule is CCC(C(=O)NCC(C)C)N(Cc1cccc(OC)c1)C(=O)CN(c1ccc(OC)c(OC)c1)S(C)(=O)=O. The summed E-state index contributed by atoms with van der Waals surface area (Å²) in [5.41, 5.74) is 0.974. The summed E-state index contributed by atoms with van der Waals surface area (Å²) in [6.45, 7) is 5.81. The number of nitrogens with one attached hydrogen (secondary N) is 1. The van der Waals surface area contributed by atoms with Crippen molar-refractivity contribution in [2.75, 3.05) is 45.0 Å². The van der Waals surface area contributed by atoms with Gasteiger partial charge in [-0.25, -0.2) is 8.42 Å². The summed E-state index contributed by atoms with van der Waals surface area (Å²) < 4.78 is 42.5. The number of sulfonamides is 1. The molecule has 1 atom stereocenters. The standard InChI is InChI=1S/C27H39N3O7S/c1-8-23(27(32)28-16-19(2)3)29(17-20-10-9-11-22(14-20)35-4)26(31)18-30(38(7,33)34)21-12-13-24(36-5)25(15-21)37-6/h9-15,19,23H,8,16-18H2,1-7H3,(H,28,32). The summed E-state index contributed by atoms with van der Waals surface area (Å²) in [4.78, 5) is 28.4. The van der Waals surface area contributed by atoms with Gasteiger partial charge in [0.15, 0.2) is 11.5 Å². The molecule has 2 amide bonds. The quantitative estimate of drug-likeness (QED) is 0.385. The van der Waals surface area contributed by atoms with Gasteiger partial charge in [0.2, 0.25) is 21.8 Å². The Balaban J connectivity index is 2.49. The van der Waals surface area contributed by atoms with Gasteiger partial charge >= 0.3 is 0 Å². The molecule has 0 saturated carbocycles. The molecule has 0 heterocycles. The van der Waals surface area contributed by atoms with Gasteiger partial charge in [0, 0.05) is 19.2 Å². The maximum atomic E-state index is 13.8. The van der Waals surface area contributed by atoms with Crippen LogP contribution in [-0.4, -0.2) is 71.8 Å². The van der Waals surface area contributed by atoms with Crippen molar-refractivity contribution in [2.24, 2.45) is 5.92 Å². The molecule has 0 radical (unpaired) electrons. The number of ether oxygens (including phenoxy) is 3. The van der Waals surface area contributed by atoms with Crippen molar-refractivity contribution in [3.63, 3.8) is 0 Å². The lowest BCUT2D eigenvalue weighted by atomic mass is 10.1. The average Bonchev–Trinajstić information content (AvgIpc) is 2.89. The Labute approximate surface area is 225 Å². The molecule has 0 aromatic heterocycles. The van der Waals surface area contributed by atoms with Gasteiger partial charge in [0.25, 0.3) is 0 Å². The van der Waals surface area contributed by atoms with Crippen LogP contribution in [0.5, 0.6) is 17.2 Å². The summed E-state index contributed by atoms with van der Waals surface area (Å²) in [6.07, 6.45) is 1.37. The predicted molar refractivity (Wildman–Crippen MR) is 147 cm³/mol. The molecule has 1 N–H and O–H groups in total. The van der Waals surface area contributed by atoms with E-state index in [1.165, 1.54) is 31.3 Å². The topological polar surface area (TPSA) is 114 Å². The highest BCUT2D eigenvalue weighted by Crippen LogP contribution is 2.32. The molecule has 0 spiro atoms. The van der Waals surface area contributed by atoms with Crippen molar-refractivity contribution >= 4 is 27.5 Å². The number of amides is 2. The fourth-order valence-electron chi connectivity index (χ4n) is 3.90. The van der Waals surface area contributed by atoms with Crippen LogP contribution in [-0.2, 0) is 26.2 Å². The Kier molecular flexibility index (Phi) is 11.2. The number of rotatable bonds is 14. The van der Waals surface area contributed by atoms with Gasteiger partial charge < -0.3 is 24.4 Å². The fourth-order valence-corrected chi connectivity index (χ4v) is 4.74. The van der Waals surface area contributed by atoms with Crippen LogP contribution in [0.2, 0.25) is 0 Å². The molecule has 0 aliphatic heterocycles. The van der Waals surface area contributed by atoms with Gasteiger partial charge in [-0.3, -0.25) is 13.9 Å². The second-order valence-electron chi connectivity index (χ2n) is 9.25. The summed E-state index contributed by atoms with van der Waals surface area (Å²) in [7, 11) is 0.578. The van der Waals surface area contributed by atoms with E-state index in [9.17, 15) is 18.0 Å². The van der Waals surface area contributed by atoms with E-state index in [1.54, 1.807) is 31.4 Å². The van der Waals surface area contributed by atoms with Crippen LogP contribution >= 0.6 is 0 Å². The minimum Gasteiger partial charge on any atom is -0.497 e. The van der Waals surface area contributed by atoms with Gasteiger partial charge in [0.1, 0.15) is 18.3 Å². The molecule has 10 nitrogen and oxygen atoms in total. The van der Waals surface area contributed by atoms with Gasteiger partial charge in [-0.05, 0) is 42.2 Å². The molecule has 1 unspecified atom stereocenters. The summed E-state index contributed by atoms with van der Waals surface area (Å²) in [5.74, 6) is 0.747. The number of benzene rings is 2. The Morgan fingerprint density at radius 2 is 1.66 bits per heavy atom. The number of anilines is 1. The molecule has 0 fully saturated rings. The second kappa shape index (κ2) is 13.9. The van der Waals surface area contributed by atoms with E-state index >= 15 is 0 Å². The fraction of sp³-hybridized carbons (Fsp3) is 0.481. The van der Waals surface area contributed by atoms with Crippen molar-refractivity contribution < 1.29 is 32.2 Å². The van der Waals surface area contributed by atoms with Gasteiger partial charge in [0.05, 0.1) is 33.3 Å². The zero-order valence-electron chi connectivity index (χ0n) is 23.2. The van der Waals surface area contributed by atoms with Crippen molar-refractivity contribution in [1.82, 2.24) is 10.2 Å². The molecule has 2 aromatic rings. The van der Waals surface area contributed by atoms with Crippen LogP contribution in [0.4, 0.5) is 5.69 Å². The second-order valence-corrected chi connectivity index (χ2v) is 11.2. The lowest BCUT2D eigenvalue weighted by Gasteiger charge is -2.33. The summed E-state index contributed by atoms with van der Waals surface area (Å²) in [5, 5.41) is 2.90. The van der Waals surface area contributed by atoms with Crippen molar-refractivity contribution in [3.05, 3.63) is 48.0 Å². The molecule has 0 aliphatic carbocycles. The van der Waals surface area contributed by atoms with E-state index in [2.05, 4.69) is 5.32 Å². The first-order valence-electron chi connectivity index (χ1n) is 12.3. The molecule has 0 saturated heterocycles. The van der Waals surface area contributed by atoms with Crippen LogP contribution in [0.3, 0.4) is 0 Å². The number of hydrogen-bond acceptors (Lipinski definition) is 7. The minimum atomic E-state index is -3.88. The Morgan fingerprint density at radius 3 is 2.21 bits per heavy atom. The first-order valence-corrected chi connectivity index (χ1v) is 14.2. The molecule has 11 heteroatoms. The highest BCUT2D eigenvalue weighted by atomic mass is 32.2. The van der Waals surface area contributed by atoms with Crippen molar-refractivity contribution in [3.8, 4) is 17.2 Å². The highest BCUT2D eigenvalue weighted by Gasteiger charge is 2.32. The predicted octanol–water partition coefficient (Wildman–Crippen LogP) is 3.06. The molecule has 38 heavy (non-hydrogen) atoms.